The molecular weight excluding hydrogens is 712 g/mol. The third kappa shape index (κ3) is 9.78. The Morgan fingerprint density at radius 3 is 2.42 bits per heavy atom. The Bertz CT molecular complexity index is 1340. The Kier molecular flexibility index (Phi) is 13.5. The summed E-state index contributed by atoms with van der Waals surface area (Å²) in [5, 5.41) is 33.1. The van der Waals surface area contributed by atoms with Crippen LogP contribution < -0.4 is 14.8 Å². The molecule has 0 saturated heterocycles. The van der Waals surface area contributed by atoms with E-state index in [1.165, 1.54) is 18.1 Å². The number of halogens is 4. The fourth-order valence-corrected chi connectivity index (χ4v) is 5.63. The molecule has 248 valence electrons. The zero-order valence-corrected chi connectivity index (χ0v) is 27.3. The highest BCUT2D eigenvalue weighted by Crippen LogP contribution is 2.37. The Hall–Kier alpha value is -2.92. The number of benzene rings is 2. The van der Waals surface area contributed by atoms with Crippen molar-refractivity contribution in [2.24, 2.45) is 0 Å². The SMILES string of the molecule is COc1cc(CO)cc(I)c1OC1C=C(C(=O)NCCO)CC(N(CCCOC(C)C)C(=O)c2ccc(C(F)(F)F)cc2)C1O. The van der Waals surface area contributed by atoms with Gasteiger partial charge in [-0.25, -0.2) is 0 Å². The average Bonchev–Trinajstić information content (AvgIpc) is 3.00. The first kappa shape index (κ1) is 36.5. The first-order chi connectivity index (χ1) is 21.3. The van der Waals surface area contributed by atoms with Gasteiger partial charge in [0.1, 0.15) is 12.2 Å². The molecule has 2 amide bonds. The van der Waals surface area contributed by atoms with Crippen molar-refractivity contribution in [3.63, 3.8) is 0 Å². The van der Waals surface area contributed by atoms with Crippen LogP contribution in [0.4, 0.5) is 13.2 Å². The van der Waals surface area contributed by atoms with Gasteiger partial charge in [-0.1, -0.05) is 0 Å². The van der Waals surface area contributed by atoms with Crippen molar-refractivity contribution < 1.29 is 52.3 Å². The molecule has 2 aromatic carbocycles. The molecule has 1 aliphatic carbocycles. The van der Waals surface area contributed by atoms with Crippen LogP contribution in [0.15, 0.2) is 48.0 Å². The van der Waals surface area contributed by atoms with Crippen LogP contribution in [0.2, 0.25) is 0 Å². The summed E-state index contributed by atoms with van der Waals surface area (Å²) in [5.41, 5.74) is -0.215. The first-order valence-electron chi connectivity index (χ1n) is 14.3. The fraction of sp³-hybridized carbons (Fsp3) is 0.484. The second-order valence-electron chi connectivity index (χ2n) is 10.6. The second kappa shape index (κ2) is 16.6. The number of nitrogens with zero attached hydrogens (tertiary/aromatic N) is 1. The van der Waals surface area contributed by atoms with Crippen LogP contribution in [0.25, 0.3) is 0 Å². The summed E-state index contributed by atoms with van der Waals surface area (Å²) in [6.45, 7) is 3.42. The number of methoxy groups -OCH3 is 1. The summed E-state index contributed by atoms with van der Waals surface area (Å²) >= 11 is 1.99. The Morgan fingerprint density at radius 1 is 1.16 bits per heavy atom. The number of hydrogen-bond acceptors (Lipinski definition) is 8. The zero-order chi connectivity index (χ0) is 33.3. The van der Waals surface area contributed by atoms with Crippen molar-refractivity contribution in [2.75, 3.05) is 33.4 Å². The third-order valence-corrected chi connectivity index (χ3v) is 7.86. The molecule has 3 atom stereocenters. The number of carbonyl (C=O) groups is 2. The van der Waals surface area contributed by atoms with Gasteiger partial charge in [-0.2, -0.15) is 13.2 Å². The maximum atomic E-state index is 13.9. The van der Waals surface area contributed by atoms with Gasteiger partial charge in [0, 0.05) is 37.3 Å². The second-order valence-corrected chi connectivity index (χ2v) is 11.8. The van der Waals surface area contributed by atoms with E-state index in [9.17, 15) is 38.1 Å². The van der Waals surface area contributed by atoms with E-state index in [2.05, 4.69) is 5.32 Å². The van der Waals surface area contributed by atoms with Gasteiger partial charge in [0.25, 0.3) is 5.91 Å². The van der Waals surface area contributed by atoms with Crippen LogP contribution in [0.3, 0.4) is 0 Å². The molecular formula is C31H38F3IN2O8. The van der Waals surface area contributed by atoms with Gasteiger partial charge in [0.2, 0.25) is 5.91 Å². The van der Waals surface area contributed by atoms with E-state index in [-0.39, 0.29) is 68.1 Å². The Labute approximate surface area is 273 Å². The molecule has 2 aromatic rings. The van der Waals surface area contributed by atoms with E-state index in [0.717, 1.165) is 24.3 Å². The van der Waals surface area contributed by atoms with E-state index >= 15 is 0 Å². The summed E-state index contributed by atoms with van der Waals surface area (Å²) in [5.74, 6) is -0.690. The highest BCUT2D eigenvalue weighted by molar-refractivity contribution is 14.1. The third-order valence-electron chi connectivity index (χ3n) is 7.05. The van der Waals surface area contributed by atoms with E-state index in [1.54, 1.807) is 12.1 Å². The molecule has 3 rings (SSSR count). The fourth-order valence-electron chi connectivity index (χ4n) is 4.83. The highest BCUT2D eigenvalue weighted by atomic mass is 127. The van der Waals surface area contributed by atoms with Crippen LogP contribution in [-0.2, 0) is 22.3 Å². The summed E-state index contributed by atoms with van der Waals surface area (Å²) < 4.78 is 57.5. The number of rotatable bonds is 14. The van der Waals surface area contributed by atoms with Crippen LogP contribution >= 0.6 is 22.6 Å². The van der Waals surface area contributed by atoms with Gasteiger partial charge in [0.05, 0.1) is 41.6 Å². The molecule has 0 aromatic heterocycles. The minimum Gasteiger partial charge on any atom is -0.493 e. The molecule has 0 radical (unpaired) electrons. The van der Waals surface area contributed by atoms with Crippen LogP contribution in [0.5, 0.6) is 11.5 Å². The number of alkyl halides is 3. The lowest BCUT2D eigenvalue weighted by Crippen LogP contribution is -2.55. The van der Waals surface area contributed by atoms with Gasteiger partial charge in [-0.3, -0.25) is 9.59 Å². The molecule has 1 aliphatic rings. The maximum Gasteiger partial charge on any atom is 0.416 e. The van der Waals surface area contributed by atoms with E-state index in [0.29, 0.717) is 15.6 Å². The number of nitrogens with one attached hydrogen (secondary N) is 1. The zero-order valence-electron chi connectivity index (χ0n) is 25.1. The van der Waals surface area contributed by atoms with Crippen molar-refractivity contribution in [1.29, 1.82) is 0 Å². The molecule has 0 heterocycles. The summed E-state index contributed by atoms with van der Waals surface area (Å²) in [6, 6.07) is 5.97. The maximum absolute atomic E-state index is 13.9. The molecule has 0 spiro atoms. The van der Waals surface area contributed by atoms with Gasteiger partial charge in [-0.05, 0) is 90.9 Å². The predicted molar refractivity (Wildman–Crippen MR) is 167 cm³/mol. The topological polar surface area (TPSA) is 138 Å². The number of carbonyl (C=O) groups excluding carboxylic acids is 2. The van der Waals surface area contributed by atoms with E-state index in [4.69, 9.17) is 14.2 Å². The largest absolute Gasteiger partial charge is 0.493 e. The van der Waals surface area contributed by atoms with Crippen molar-refractivity contribution in [3.8, 4) is 11.5 Å². The van der Waals surface area contributed by atoms with Crippen molar-refractivity contribution in [2.45, 2.75) is 63.8 Å². The summed E-state index contributed by atoms with van der Waals surface area (Å²) in [4.78, 5) is 28.3. The molecule has 45 heavy (non-hydrogen) atoms. The number of ether oxygens (including phenoxy) is 3. The molecule has 4 N–H and O–H groups in total. The lowest BCUT2D eigenvalue weighted by Gasteiger charge is -2.40. The molecule has 14 heteroatoms. The standard InChI is InChI=1S/C31H38F3IN2O8/c1-18(2)44-12-4-10-37(30(42)20-5-7-22(8-6-20)31(32,33)34)24-15-21(29(41)36-9-11-38)16-25(27(24)40)45-28-23(35)13-19(17-39)14-26(28)43-3/h5-8,13-14,16,18,24-25,27,38-40H,4,9-12,15,17H2,1-3H3,(H,36,41). The number of aliphatic hydroxyl groups is 3. The normalized spacial score (nSPS) is 18.4. The van der Waals surface area contributed by atoms with Crippen LogP contribution in [0.1, 0.15) is 48.2 Å². The van der Waals surface area contributed by atoms with E-state index < -0.39 is 41.8 Å². The quantitative estimate of drug-likeness (QED) is 0.170. The smallest absolute Gasteiger partial charge is 0.416 e. The van der Waals surface area contributed by atoms with Crippen molar-refractivity contribution in [3.05, 3.63) is 68.3 Å². The monoisotopic (exact) mass is 750 g/mol. The summed E-state index contributed by atoms with van der Waals surface area (Å²) in [6.07, 6.45) is -5.56. The number of aliphatic hydroxyl groups excluding tert-OH is 3. The molecule has 10 nitrogen and oxygen atoms in total. The first-order valence-corrected chi connectivity index (χ1v) is 15.4. The molecule has 3 unspecified atom stereocenters. The Morgan fingerprint density at radius 2 is 1.84 bits per heavy atom. The molecule has 0 aliphatic heterocycles. The number of amides is 2. The molecule has 0 saturated carbocycles. The van der Waals surface area contributed by atoms with Gasteiger partial charge in [0.15, 0.2) is 11.5 Å². The van der Waals surface area contributed by atoms with Crippen molar-refractivity contribution >= 4 is 34.4 Å². The Balaban J connectivity index is 2.04. The highest BCUT2D eigenvalue weighted by Gasteiger charge is 2.41. The van der Waals surface area contributed by atoms with Gasteiger partial charge in [-0.15, -0.1) is 0 Å². The minimum atomic E-state index is -4.59. The molecule has 0 bridgehead atoms. The lowest BCUT2D eigenvalue weighted by molar-refractivity contribution is -0.137. The van der Waals surface area contributed by atoms with Gasteiger partial charge >= 0.3 is 6.18 Å². The van der Waals surface area contributed by atoms with Crippen LogP contribution in [-0.4, -0.2) is 89.8 Å². The summed E-state index contributed by atoms with van der Waals surface area (Å²) in [7, 11) is 1.41. The number of hydrogen-bond donors (Lipinski definition) is 4. The van der Waals surface area contributed by atoms with Crippen molar-refractivity contribution in [1.82, 2.24) is 10.2 Å². The predicted octanol–water partition coefficient (Wildman–Crippen LogP) is 3.68. The van der Waals surface area contributed by atoms with Crippen LogP contribution in [0, 0.1) is 3.57 Å². The van der Waals surface area contributed by atoms with Gasteiger partial charge < -0.3 is 39.7 Å². The average molecular weight is 751 g/mol. The lowest BCUT2D eigenvalue weighted by atomic mass is 9.87. The van der Waals surface area contributed by atoms with E-state index in [1.807, 2.05) is 36.4 Å². The minimum absolute atomic E-state index is 0.0332. The molecule has 0 fully saturated rings.